The Morgan fingerprint density at radius 3 is 2.63 bits per heavy atom. The Balaban J connectivity index is 2.29. The molecule has 1 N–H and O–H groups in total. The van der Waals surface area contributed by atoms with Crippen molar-refractivity contribution in [2.24, 2.45) is 0 Å². The van der Waals surface area contributed by atoms with Gasteiger partial charge in [0.05, 0.1) is 6.61 Å². The molecule has 0 aliphatic carbocycles. The maximum Gasteiger partial charge on any atom is 0.225 e. The molecule has 2 rings (SSSR count). The van der Waals surface area contributed by atoms with Gasteiger partial charge in [0.2, 0.25) is 5.95 Å². The Labute approximate surface area is 119 Å². The molecule has 100 valence electrons. The Morgan fingerprint density at radius 2 is 2.00 bits per heavy atom. The standard InChI is InChI=1S/C13H13BrFN3O/c1-18(4-5-19)13-16-7-9(8-17-13)11-6-10(14)2-3-12(11)15/h2-3,6-8,19H,4-5H2,1H3. The molecule has 0 saturated heterocycles. The summed E-state index contributed by atoms with van der Waals surface area (Å²) in [6.45, 7) is 0.479. The minimum absolute atomic E-state index is 0.0296. The first-order valence-corrected chi connectivity index (χ1v) is 6.50. The summed E-state index contributed by atoms with van der Waals surface area (Å²) >= 11 is 3.31. The topological polar surface area (TPSA) is 49.2 Å². The minimum Gasteiger partial charge on any atom is -0.395 e. The van der Waals surface area contributed by atoms with Crippen molar-refractivity contribution in [3.8, 4) is 11.1 Å². The van der Waals surface area contributed by atoms with Crippen molar-refractivity contribution >= 4 is 21.9 Å². The summed E-state index contributed by atoms with van der Waals surface area (Å²) < 4.78 is 14.5. The maximum absolute atomic E-state index is 13.7. The van der Waals surface area contributed by atoms with Gasteiger partial charge in [-0.05, 0) is 18.2 Å². The Bertz CT molecular complexity index is 562. The lowest BCUT2D eigenvalue weighted by atomic mass is 10.1. The molecule has 0 atom stereocenters. The summed E-state index contributed by atoms with van der Waals surface area (Å²) in [5, 5.41) is 8.85. The third kappa shape index (κ3) is 3.27. The fourth-order valence-electron chi connectivity index (χ4n) is 1.63. The number of aliphatic hydroxyl groups is 1. The average Bonchev–Trinajstić information content (AvgIpc) is 2.42. The van der Waals surface area contributed by atoms with Crippen LogP contribution in [0.3, 0.4) is 0 Å². The molecule has 1 aromatic carbocycles. The first-order valence-electron chi connectivity index (χ1n) is 5.71. The van der Waals surface area contributed by atoms with E-state index in [0.717, 1.165) is 4.47 Å². The van der Waals surface area contributed by atoms with Crippen LogP contribution in [0.2, 0.25) is 0 Å². The summed E-state index contributed by atoms with van der Waals surface area (Å²) in [5.74, 6) is 0.177. The average molecular weight is 326 g/mol. The van der Waals surface area contributed by atoms with Crippen LogP contribution in [0.15, 0.2) is 35.1 Å². The van der Waals surface area contributed by atoms with E-state index in [4.69, 9.17) is 5.11 Å². The Kier molecular flexibility index (Phi) is 4.44. The largest absolute Gasteiger partial charge is 0.395 e. The molecule has 0 unspecified atom stereocenters. The number of rotatable bonds is 4. The second kappa shape index (κ2) is 6.08. The molecule has 2 aromatic rings. The zero-order chi connectivity index (χ0) is 13.8. The monoisotopic (exact) mass is 325 g/mol. The third-order valence-corrected chi connectivity index (χ3v) is 3.15. The molecule has 19 heavy (non-hydrogen) atoms. The maximum atomic E-state index is 13.7. The van der Waals surface area contributed by atoms with Crippen molar-refractivity contribution in [2.75, 3.05) is 25.1 Å². The van der Waals surface area contributed by atoms with E-state index in [-0.39, 0.29) is 12.4 Å². The highest BCUT2D eigenvalue weighted by molar-refractivity contribution is 9.10. The van der Waals surface area contributed by atoms with E-state index in [2.05, 4.69) is 25.9 Å². The summed E-state index contributed by atoms with van der Waals surface area (Å²) in [6, 6.07) is 4.72. The predicted octanol–water partition coefficient (Wildman–Crippen LogP) is 2.47. The molecule has 0 aliphatic heterocycles. The predicted molar refractivity (Wildman–Crippen MR) is 75.5 cm³/mol. The van der Waals surface area contributed by atoms with E-state index in [9.17, 15) is 4.39 Å². The van der Waals surface area contributed by atoms with E-state index >= 15 is 0 Å². The highest BCUT2D eigenvalue weighted by atomic mass is 79.9. The SMILES string of the molecule is CN(CCO)c1ncc(-c2cc(Br)ccc2F)cn1. The van der Waals surface area contributed by atoms with E-state index in [0.29, 0.717) is 23.6 Å². The molecule has 0 radical (unpaired) electrons. The highest BCUT2D eigenvalue weighted by Gasteiger charge is 2.08. The fraction of sp³-hybridized carbons (Fsp3) is 0.231. The van der Waals surface area contributed by atoms with Crippen molar-refractivity contribution < 1.29 is 9.50 Å². The summed E-state index contributed by atoms with van der Waals surface area (Å²) in [7, 11) is 1.78. The van der Waals surface area contributed by atoms with Gasteiger partial charge in [-0.25, -0.2) is 14.4 Å². The number of anilines is 1. The van der Waals surface area contributed by atoms with Gasteiger partial charge < -0.3 is 10.0 Å². The Hall–Kier alpha value is -1.53. The van der Waals surface area contributed by atoms with Crippen molar-refractivity contribution in [1.29, 1.82) is 0 Å². The molecule has 0 fully saturated rings. The number of likely N-dealkylation sites (N-methyl/N-ethyl adjacent to an activating group) is 1. The van der Waals surface area contributed by atoms with Crippen molar-refractivity contribution in [3.05, 3.63) is 40.9 Å². The van der Waals surface area contributed by atoms with Crippen LogP contribution >= 0.6 is 15.9 Å². The number of hydrogen-bond donors (Lipinski definition) is 1. The quantitative estimate of drug-likeness (QED) is 0.938. The van der Waals surface area contributed by atoms with Gasteiger partial charge >= 0.3 is 0 Å². The zero-order valence-electron chi connectivity index (χ0n) is 10.3. The van der Waals surface area contributed by atoms with Crippen molar-refractivity contribution in [2.45, 2.75) is 0 Å². The lowest BCUT2D eigenvalue weighted by Crippen LogP contribution is -2.23. The molecule has 1 heterocycles. The molecular formula is C13H13BrFN3O. The van der Waals surface area contributed by atoms with E-state index in [1.807, 2.05) is 0 Å². The number of halogens is 2. The molecule has 1 aromatic heterocycles. The first-order chi connectivity index (χ1) is 9.11. The van der Waals surface area contributed by atoms with Crippen LogP contribution in [0, 0.1) is 5.82 Å². The van der Waals surface area contributed by atoms with Gasteiger partial charge in [0.25, 0.3) is 0 Å². The molecule has 4 nitrogen and oxygen atoms in total. The molecule has 0 saturated carbocycles. The third-order valence-electron chi connectivity index (χ3n) is 2.65. The van der Waals surface area contributed by atoms with Crippen LogP contribution < -0.4 is 4.90 Å². The lowest BCUT2D eigenvalue weighted by molar-refractivity contribution is 0.303. The van der Waals surface area contributed by atoms with Gasteiger partial charge in [-0.15, -0.1) is 0 Å². The molecular weight excluding hydrogens is 313 g/mol. The van der Waals surface area contributed by atoms with Gasteiger partial charge in [0.15, 0.2) is 0 Å². The van der Waals surface area contributed by atoms with Gasteiger partial charge in [-0.2, -0.15) is 0 Å². The molecule has 0 aliphatic rings. The minimum atomic E-state index is -0.316. The second-order valence-electron chi connectivity index (χ2n) is 4.04. The lowest BCUT2D eigenvalue weighted by Gasteiger charge is -2.15. The second-order valence-corrected chi connectivity index (χ2v) is 4.96. The Morgan fingerprint density at radius 1 is 1.32 bits per heavy atom. The van der Waals surface area contributed by atoms with Crippen LogP contribution in [-0.2, 0) is 0 Å². The van der Waals surface area contributed by atoms with Crippen LogP contribution in [0.5, 0.6) is 0 Å². The van der Waals surface area contributed by atoms with Gasteiger partial charge in [-0.3, -0.25) is 0 Å². The van der Waals surface area contributed by atoms with Crippen molar-refractivity contribution in [1.82, 2.24) is 9.97 Å². The van der Waals surface area contributed by atoms with Crippen molar-refractivity contribution in [3.63, 3.8) is 0 Å². The summed E-state index contributed by atoms with van der Waals surface area (Å²) in [4.78, 5) is 10.1. The summed E-state index contributed by atoms with van der Waals surface area (Å²) in [6.07, 6.45) is 3.14. The van der Waals surface area contributed by atoms with E-state index < -0.39 is 0 Å². The van der Waals surface area contributed by atoms with Crippen LogP contribution in [0.1, 0.15) is 0 Å². The first kappa shape index (κ1) is 13.9. The van der Waals surface area contributed by atoms with Crippen LogP contribution in [0.4, 0.5) is 10.3 Å². The number of hydrogen-bond acceptors (Lipinski definition) is 4. The molecule has 6 heteroatoms. The number of aromatic nitrogens is 2. The number of benzene rings is 1. The van der Waals surface area contributed by atoms with Gasteiger partial charge in [0.1, 0.15) is 5.82 Å². The zero-order valence-corrected chi connectivity index (χ0v) is 11.9. The fourth-order valence-corrected chi connectivity index (χ4v) is 1.99. The molecule has 0 spiro atoms. The normalized spacial score (nSPS) is 10.5. The van der Waals surface area contributed by atoms with Crippen LogP contribution in [-0.4, -0.2) is 35.3 Å². The van der Waals surface area contributed by atoms with E-state index in [1.165, 1.54) is 6.07 Å². The molecule has 0 amide bonds. The van der Waals surface area contributed by atoms with E-state index in [1.54, 1.807) is 36.5 Å². The summed E-state index contributed by atoms with van der Waals surface area (Å²) in [5.41, 5.74) is 1.06. The van der Waals surface area contributed by atoms with Gasteiger partial charge in [0, 0.05) is 41.6 Å². The molecule has 0 bridgehead atoms. The van der Waals surface area contributed by atoms with Crippen LogP contribution in [0.25, 0.3) is 11.1 Å². The van der Waals surface area contributed by atoms with Gasteiger partial charge in [-0.1, -0.05) is 15.9 Å². The number of aliphatic hydroxyl groups excluding tert-OH is 1. The highest BCUT2D eigenvalue weighted by Crippen LogP contribution is 2.25. The number of nitrogens with zero attached hydrogens (tertiary/aromatic N) is 3. The smallest absolute Gasteiger partial charge is 0.225 e.